The number of thioether (sulfide) groups is 1. The molecule has 0 bridgehead atoms. The predicted molar refractivity (Wildman–Crippen MR) is 188 cm³/mol. The SMILES string of the molecule is Cc1ccc(/C=C(\NC(=O)c2ccccc2)C(=O)Nc2cccc(SC(C(=O)Nc3cc(C)cc(C)c3)c3ccccc3)c2)cc1. The summed E-state index contributed by atoms with van der Waals surface area (Å²) in [4.78, 5) is 41.1. The number of anilines is 2. The average Bonchev–Trinajstić information content (AvgIpc) is 3.04. The molecule has 5 rings (SSSR count). The van der Waals surface area contributed by atoms with Crippen molar-refractivity contribution in [2.24, 2.45) is 0 Å². The molecule has 5 aromatic carbocycles. The second-order valence-electron chi connectivity index (χ2n) is 11.0. The zero-order chi connectivity index (χ0) is 32.5. The van der Waals surface area contributed by atoms with Crippen LogP contribution in [0.5, 0.6) is 0 Å². The molecule has 0 heterocycles. The molecule has 0 aliphatic heterocycles. The van der Waals surface area contributed by atoms with Crippen LogP contribution >= 0.6 is 11.8 Å². The lowest BCUT2D eigenvalue weighted by atomic mass is 10.1. The minimum absolute atomic E-state index is 0.103. The Morgan fingerprint density at radius 1 is 0.630 bits per heavy atom. The van der Waals surface area contributed by atoms with Crippen molar-refractivity contribution in [3.8, 4) is 0 Å². The van der Waals surface area contributed by atoms with Crippen LogP contribution in [0.25, 0.3) is 6.08 Å². The van der Waals surface area contributed by atoms with Crippen molar-refractivity contribution in [2.75, 3.05) is 10.6 Å². The van der Waals surface area contributed by atoms with E-state index in [-0.39, 0.29) is 17.5 Å². The van der Waals surface area contributed by atoms with Gasteiger partial charge in [-0.1, -0.05) is 90.5 Å². The fourth-order valence-electron chi connectivity index (χ4n) is 4.91. The van der Waals surface area contributed by atoms with E-state index < -0.39 is 11.2 Å². The first kappa shape index (κ1) is 32.0. The lowest BCUT2D eigenvalue weighted by Crippen LogP contribution is -2.30. The van der Waals surface area contributed by atoms with Gasteiger partial charge in [0.15, 0.2) is 0 Å². The summed E-state index contributed by atoms with van der Waals surface area (Å²) in [6, 6.07) is 39.3. The highest BCUT2D eigenvalue weighted by Gasteiger charge is 2.23. The number of aryl methyl sites for hydroxylation is 3. The summed E-state index contributed by atoms with van der Waals surface area (Å²) >= 11 is 1.39. The predicted octanol–water partition coefficient (Wildman–Crippen LogP) is 8.49. The fraction of sp³-hybridized carbons (Fsp3) is 0.103. The third-order valence-corrected chi connectivity index (χ3v) is 8.34. The lowest BCUT2D eigenvalue weighted by molar-refractivity contribution is -0.116. The number of benzene rings is 5. The van der Waals surface area contributed by atoms with Crippen LogP contribution in [0, 0.1) is 20.8 Å². The van der Waals surface area contributed by atoms with Crippen molar-refractivity contribution in [3.63, 3.8) is 0 Å². The third kappa shape index (κ3) is 8.83. The maximum atomic E-state index is 13.7. The summed E-state index contributed by atoms with van der Waals surface area (Å²) in [7, 11) is 0. The van der Waals surface area contributed by atoms with E-state index in [0.29, 0.717) is 11.3 Å². The molecule has 0 aromatic heterocycles. The Labute approximate surface area is 274 Å². The summed E-state index contributed by atoms with van der Waals surface area (Å²) < 4.78 is 0. The molecule has 0 fully saturated rings. The first-order chi connectivity index (χ1) is 22.2. The lowest BCUT2D eigenvalue weighted by Gasteiger charge is -2.18. The zero-order valence-corrected chi connectivity index (χ0v) is 26.7. The molecule has 3 N–H and O–H groups in total. The van der Waals surface area contributed by atoms with Gasteiger partial charge in [0.2, 0.25) is 5.91 Å². The molecule has 230 valence electrons. The van der Waals surface area contributed by atoms with E-state index in [1.54, 1.807) is 36.4 Å². The van der Waals surface area contributed by atoms with Crippen LogP contribution in [0.15, 0.2) is 138 Å². The molecule has 0 aliphatic rings. The summed E-state index contributed by atoms with van der Waals surface area (Å²) in [5, 5.41) is 8.25. The number of carbonyl (C=O) groups excluding carboxylic acids is 3. The first-order valence-electron chi connectivity index (χ1n) is 14.9. The Morgan fingerprint density at radius 3 is 1.96 bits per heavy atom. The highest BCUT2D eigenvalue weighted by atomic mass is 32.2. The van der Waals surface area contributed by atoms with E-state index in [1.807, 2.05) is 112 Å². The first-order valence-corrected chi connectivity index (χ1v) is 15.8. The molecule has 1 atom stereocenters. The molecule has 46 heavy (non-hydrogen) atoms. The smallest absolute Gasteiger partial charge is 0.272 e. The van der Waals surface area contributed by atoms with E-state index in [2.05, 4.69) is 22.0 Å². The van der Waals surface area contributed by atoms with E-state index in [0.717, 1.165) is 38.4 Å². The van der Waals surface area contributed by atoms with Gasteiger partial charge in [-0.25, -0.2) is 0 Å². The molecule has 3 amide bonds. The van der Waals surface area contributed by atoms with Gasteiger partial charge in [-0.05, 0) is 91.6 Å². The fourth-order valence-corrected chi connectivity index (χ4v) is 5.99. The van der Waals surface area contributed by atoms with Gasteiger partial charge in [0.1, 0.15) is 10.9 Å². The zero-order valence-electron chi connectivity index (χ0n) is 25.9. The van der Waals surface area contributed by atoms with Gasteiger partial charge in [0.25, 0.3) is 11.8 Å². The standard InChI is InChI=1S/C39H35N3O3S/c1-26-17-19-29(20-18-26)24-35(42-37(43)31-13-8-5-9-14-31)38(44)40-32-15-10-16-34(25-32)46-36(30-11-6-4-7-12-30)39(45)41-33-22-27(2)21-28(3)23-33/h4-25,36H,1-3H3,(H,40,44)(H,41,45)(H,42,43)/b35-24-. The molecule has 1 unspecified atom stereocenters. The largest absolute Gasteiger partial charge is 0.325 e. The molecular formula is C39H35N3O3S. The molecule has 0 saturated heterocycles. The summed E-state index contributed by atoms with van der Waals surface area (Å²) in [5.41, 5.74) is 6.67. The molecule has 5 aromatic rings. The quantitative estimate of drug-likeness (QED) is 0.107. The second kappa shape index (κ2) is 15.1. The monoisotopic (exact) mass is 625 g/mol. The Hall–Kier alpha value is -5.40. The number of hydrogen-bond donors (Lipinski definition) is 3. The summed E-state index contributed by atoms with van der Waals surface area (Å²) in [5.74, 6) is -1.01. The van der Waals surface area contributed by atoms with Gasteiger partial charge in [-0.3, -0.25) is 14.4 Å². The van der Waals surface area contributed by atoms with Crippen LogP contribution < -0.4 is 16.0 Å². The number of carbonyl (C=O) groups is 3. The van der Waals surface area contributed by atoms with Crippen molar-refractivity contribution >= 4 is 46.9 Å². The third-order valence-electron chi connectivity index (χ3n) is 7.09. The summed E-state index contributed by atoms with van der Waals surface area (Å²) in [6.45, 7) is 5.99. The number of hydrogen-bond acceptors (Lipinski definition) is 4. The number of nitrogens with one attached hydrogen (secondary N) is 3. The highest BCUT2D eigenvalue weighted by Crippen LogP contribution is 2.37. The van der Waals surface area contributed by atoms with Crippen LogP contribution in [-0.4, -0.2) is 17.7 Å². The summed E-state index contributed by atoms with van der Waals surface area (Å²) in [6.07, 6.45) is 1.65. The molecule has 6 nitrogen and oxygen atoms in total. The Kier molecular flexibility index (Phi) is 10.5. The van der Waals surface area contributed by atoms with E-state index in [1.165, 1.54) is 11.8 Å². The van der Waals surface area contributed by atoms with E-state index >= 15 is 0 Å². The minimum Gasteiger partial charge on any atom is -0.325 e. The molecule has 7 heteroatoms. The van der Waals surface area contributed by atoms with Gasteiger partial charge < -0.3 is 16.0 Å². The van der Waals surface area contributed by atoms with Gasteiger partial charge in [0.05, 0.1) is 0 Å². The molecule has 0 radical (unpaired) electrons. The van der Waals surface area contributed by atoms with Crippen LogP contribution in [0.4, 0.5) is 11.4 Å². The highest BCUT2D eigenvalue weighted by molar-refractivity contribution is 8.00. The van der Waals surface area contributed by atoms with Crippen LogP contribution in [0.2, 0.25) is 0 Å². The van der Waals surface area contributed by atoms with E-state index in [4.69, 9.17) is 0 Å². The van der Waals surface area contributed by atoms with E-state index in [9.17, 15) is 14.4 Å². The maximum Gasteiger partial charge on any atom is 0.272 e. The van der Waals surface area contributed by atoms with Gasteiger partial charge >= 0.3 is 0 Å². The normalized spacial score (nSPS) is 11.8. The van der Waals surface area contributed by atoms with Crippen molar-refractivity contribution < 1.29 is 14.4 Å². The second-order valence-corrected chi connectivity index (χ2v) is 12.2. The van der Waals surface area contributed by atoms with Crippen molar-refractivity contribution in [1.82, 2.24) is 5.32 Å². The molecule has 0 aliphatic carbocycles. The van der Waals surface area contributed by atoms with Crippen molar-refractivity contribution in [1.29, 1.82) is 0 Å². The van der Waals surface area contributed by atoms with Crippen molar-refractivity contribution in [2.45, 2.75) is 30.9 Å². The Bertz CT molecular complexity index is 1850. The average molecular weight is 626 g/mol. The van der Waals surface area contributed by atoms with Crippen LogP contribution in [0.3, 0.4) is 0 Å². The molecule has 0 spiro atoms. The maximum absolute atomic E-state index is 13.7. The molecule has 0 saturated carbocycles. The Balaban J connectivity index is 1.37. The van der Waals surface area contributed by atoms with Crippen LogP contribution in [0.1, 0.15) is 43.4 Å². The molecular weight excluding hydrogens is 591 g/mol. The van der Waals surface area contributed by atoms with Gasteiger partial charge in [-0.15, -0.1) is 11.8 Å². The number of amides is 3. The van der Waals surface area contributed by atoms with Gasteiger partial charge in [0, 0.05) is 21.8 Å². The topological polar surface area (TPSA) is 87.3 Å². The van der Waals surface area contributed by atoms with Gasteiger partial charge in [-0.2, -0.15) is 0 Å². The van der Waals surface area contributed by atoms with Crippen molar-refractivity contribution in [3.05, 3.63) is 166 Å². The minimum atomic E-state index is -0.546. The number of rotatable bonds is 10. The van der Waals surface area contributed by atoms with Crippen LogP contribution in [-0.2, 0) is 9.59 Å². The Morgan fingerprint density at radius 2 is 1.28 bits per heavy atom.